The summed E-state index contributed by atoms with van der Waals surface area (Å²) in [5.74, 6) is -1.40. The molecule has 1 N–H and O–H groups in total. The van der Waals surface area contributed by atoms with Crippen molar-refractivity contribution in [2.45, 2.75) is 12.5 Å². The molecule has 4 nitrogen and oxygen atoms in total. The number of nitrogens with one attached hydrogen (secondary N) is 1. The van der Waals surface area contributed by atoms with Crippen LogP contribution in [0.15, 0.2) is 48.5 Å². The SMILES string of the molecule is O=C1NCCN(C(=O)c2cc(Cl)ccc2F)C1Cc1ccccc1. The molecule has 124 valence electrons. The largest absolute Gasteiger partial charge is 0.353 e. The monoisotopic (exact) mass is 346 g/mol. The highest BCUT2D eigenvalue weighted by Crippen LogP contribution is 2.20. The zero-order valence-corrected chi connectivity index (χ0v) is 13.6. The quantitative estimate of drug-likeness (QED) is 0.929. The van der Waals surface area contributed by atoms with Crippen LogP contribution in [0.5, 0.6) is 0 Å². The third kappa shape index (κ3) is 3.41. The number of hydrogen-bond donors (Lipinski definition) is 1. The molecule has 1 unspecified atom stereocenters. The lowest BCUT2D eigenvalue weighted by Gasteiger charge is -2.35. The fraction of sp³-hybridized carbons (Fsp3) is 0.222. The van der Waals surface area contributed by atoms with Crippen LogP contribution in [0.3, 0.4) is 0 Å². The van der Waals surface area contributed by atoms with Gasteiger partial charge in [0.2, 0.25) is 5.91 Å². The molecule has 0 aromatic heterocycles. The first kappa shape index (κ1) is 16.5. The molecule has 1 aliphatic rings. The lowest BCUT2D eigenvalue weighted by atomic mass is 10.0. The number of amides is 2. The summed E-state index contributed by atoms with van der Waals surface area (Å²) in [5.41, 5.74) is 0.819. The van der Waals surface area contributed by atoms with Gasteiger partial charge in [-0.3, -0.25) is 9.59 Å². The van der Waals surface area contributed by atoms with Crippen molar-refractivity contribution in [3.8, 4) is 0 Å². The highest BCUT2D eigenvalue weighted by atomic mass is 35.5. The molecule has 6 heteroatoms. The molecule has 24 heavy (non-hydrogen) atoms. The number of halogens is 2. The van der Waals surface area contributed by atoms with Gasteiger partial charge in [0, 0.05) is 24.5 Å². The molecular formula is C18H16ClFN2O2. The summed E-state index contributed by atoms with van der Waals surface area (Å²) in [4.78, 5) is 26.5. The Hall–Kier alpha value is -2.40. The van der Waals surface area contributed by atoms with Crippen LogP contribution < -0.4 is 5.32 Å². The van der Waals surface area contributed by atoms with Crippen LogP contribution in [0.2, 0.25) is 5.02 Å². The molecule has 0 bridgehead atoms. The van der Waals surface area contributed by atoms with E-state index in [4.69, 9.17) is 11.6 Å². The lowest BCUT2D eigenvalue weighted by Crippen LogP contribution is -2.58. The minimum atomic E-state index is -0.674. The predicted octanol–water partition coefficient (Wildman–Crippen LogP) is 2.66. The van der Waals surface area contributed by atoms with E-state index in [1.807, 2.05) is 30.3 Å². The molecule has 2 aromatic carbocycles. The van der Waals surface area contributed by atoms with Crippen LogP contribution in [0.25, 0.3) is 0 Å². The van der Waals surface area contributed by atoms with Crippen LogP contribution in [0.4, 0.5) is 4.39 Å². The number of nitrogens with zero attached hydrogens (tertiary/aromatic N) is 1. The molecule has 0 aliphatic carbocycles. The minimum absolute atomic E-state index is 0.115. The van der Waals surface area contributed by atoms with Crippen LogP contribution in [0, 0.1) is 5.82 Å². The number of rotatable bonds is 3. The van der Waals surface area contributed by atoms with Gasteiger partial charge in [0.15, 0.2) is 0 Å². The first-order chi connectivity index (χ1) is 11.6. The number of carbonyl (C=O) groups excluding carboxylic acids is 2. The van der Waals surface area contributed by atoms with Crippen molar-refractivity contribution in [1.29, 1.82) is 0 Å². The third-order valence-electron chi connectivity index (χ3n) is 4.02. The molecule has 1 heterocycles. The van der Waals surface area contributed by atoms with Crippen molar-refractivity contribution < 1.29 is 14.0 Å². The van der Waals surface area contributed by atoms with Gasteiger partial charge in [-0.25, -0.2) is 4.39 Å². The van der Waals surface area contributed by atoms with E-state index >= 15 is 0 Å². The Balaban J connectivity index is 1.89. The zero-order chi connectivity index (χ0) is 17.1. The molecule has 2 amide bonds. The first-order valence-corrected chi connectivity index (χ1v) is 8.01. The fourth-order valence-corrected chi connectivity index (χ4v) is 2.99. The normalized spacial score (nSPS) is 17.5. The zero-order valence-electron chi connectivity index (χ0n) is 12.8. The summed E-state index contributed by atoms with van der Waals surface area (Å²) in [6.45, 7) is 0.673. The van der Waals surface area contributed by atoms with Gasteiger partial charge in [0.05, 0.1) is 5.56 Å². The van der Waals surface area contributed by atoms with E-state index in [1.165, 1.54) is 17.0 Å². The Kier molecular flexibility index (Phi) is 4.81. The number of piperazine rings is 1. The molecule has 0 saturated carbocycles. The van der Waals surface area contributed by atoms with Gasteiger partial charge in [-0.1, -0.05) is 41.9 Å². The summed E-state index contributed by atoms with van der Waals surface area (Å²) in [6, 6.07) is 12.6. The van der Waals surface area contributed by atoms with Crippen molar-refractivity contribution in [2.24, 2.45) is 0 Å². The molecule has 0 spiro atoms. The van der Waals surface area contributed by atoms with E-state index in [1.54, 1.807) is 0 Å². The van der Waals surface area contributed by atoms with E-state index in [0.29, 0.717) is 19.5 Å². The fourth-order valence-electron chi connectivity index (χ4n) is 2.81. The van der Waals surface area contributed by atoms with Crippen molar-refractivity contribution in [1.82, 2.24) is 10.2 Å². The van der Waals surface area contributed by atoms with E-state index < -0.39 is 17.8 Å². The summed E-state index contributed by atoms with van der Waals surface area (Å²) in [5, 5.41) is 3.04. The van der Waals surface area contributed by atoms with Gasteiger partial charge in [-0.15, -0.1) is 0 Å². The van der Waals surface area contributed by atoms with E-state index in [0.717, 1.165) is 11.6 Å². The highest BCUT2D eigenvalue weighted by molar-refractivity contribution is 6.31. The van der Waals surface area contributed by atoms with E-state index in [9.17, 15) is 14.0 Å². The first-order valence-electron chi connectivity index (χ1n) is 7.64. The van der Waals surface area contributed by atoms with Gasteiger partial charge in [-0.2, -0.15) is 0 Å². The Morgan fingerprint density at radius 1 is 1.25 bits per heavy atom. The summed E-state index contributed by atoms with van der Waals surface area (Å²) in [6.07, 6.45) is 0.376. The van der Waals surface area contributed by atoms with Gasteiger partial charge in [-0.05, 0) is 23.8 Å². The smallest absolute Gasteiger partial charge is 0.257 e. The molecule has 0 radical (unpaired) electrons. The molecule has 1 aliphatic heterocycles. The molecular weight excluding hydrogens is 331 g/mol. The summed E-state index contributed by atoms with van der Waals surface area (Å²) in [7, 11) is 0. The van der Waals surface area contributed by atoms with Gasteiger partial charge in [0.25, 0.3) is 5.91 Å². The second kappa shape index (κ2) is 7.01. The molecule has 2 aromatic rings. The molecule has 1 fully saturated rings. The summed E-state index contributed by atoms with van der Waals surface area (Å²) < 4.78 is 14.0. The average Bonchev–Trinajstić information content (AvgIpc) is 2.59. The standard InChI is InChI=1S/C18H16ClFN2O2/c19-13-6-7-15(20)14(11-13)18(24)22-9-8-21-17(23)16(22)10-12-4-2-1-3-5-12/h1-7,11,16H,8-10H2,(H,21,23). The maximum absolute atomic E-state index is 14.0. The number of hydrogen-bond acceptors (Lipinski definition) is 2. The van der Waals surface area contributed by atoms with Crippen molar-refractivity contribution in [3.63, 3.8) is 0 Å². The maximum atomic E-state index is 14.0. The van der Waals surface area contributed by atoms with Gasteiger partial charge in [0.1, 0.15) is 11.9 Å². The van der Waals surface area contributed by atoms with Crippen LogP contribution >= 0.6 is 11.6 Å². The molecule has 3 rings (SSSR count). The lowest BCUT2D eigenvalue weighted by molar-refractivity contribution is -0.127. The minimum Gasteiger partial charge on any atom is -0.353 e. The third-order valence-corrected chi connectivity index (χ3v) is 4.26. The van der Waals surface area contributed by atoms with E-state index in [2.05, 4.69) is 5.32 Å². The van der Waals surface area contributed by atoms with Crippen molar-refractivity contribution in [2.75, 3.05) is 13.1 Å². The van der Waals surface area contributed by atoms with Crippen LogP contribution in [-0.2, 0) is 11.2 Å². The van der Waals surface area contributed by atoms with Crippen LogP contribution in [-0.4, -0.2) is 35.8 Å². The van der Waals surface area contributed by atoms with Crippen LogP contribution in [0.1, 0.15) is 15.9 Å². The Morgan fingerprint density at radius 2 is 2.00 bits per heavy atom. The van der Waals surface area contributed by atoms with Gasteiger partial charge >= 0.3 is 0 Å². The Labute approximate surface area is 144 Å². The Morgan fingerprint density at radius 3 is 2.75 bits per heavy atom. The number of benzene rings is 2. The van der Waals surface area contributed by atoms with Crippen molar-refractivity contribution in [3.05, 3.63) is 70.5 Å². The number of carbonyl (C=O) groups is 2. The molecule has 1 atom stereocenters. The van der Waals surface area contributed by atoms with E-state index in [-0.39, 0.29) is 16.5 Å². The average molecular weight is 347 g/mol. The second-order valence-electron chi connectivity index (χ2n) is 5.62. The Bertz CT molecular complexity index is 767. The van der Waals surface area contributed by atoms with Crippen molar-refractivity contribution >= 4 is 23.4 Å². The maximum Gasteiger partial charge on any atom is 0.257 e. The highest BCUT2D eigenvalue weighted by Gasteiger charge is 2.34. The second-order valence-corrected chi connectivity index (χ2v) is 6.06. The van der Waals surface area contributed by atoms with Gasteiger partial charge < -0.3 is 10.2 Å². The molecule has 1 saturated heterocycles. The summed E-state index contributed by atoms with van der Waals surface area (Å²) >= 11 is 5.88. The topological polar surface area (TPSA) is 49.4 Å². The predicted molar refractivity (Wildman–Crippen MR) is 89.4 cm³/mol.